The number of hydrazone groups is 1. The number of phenols is 1. The Morgan fingerprint density at radius 2 is 2.14 bits per heavy atom. The fourth-order valence-electron chi connectivity index (χ4n) is 2.40. The fraction of sp³-hybridized carbons (Fsp3) is 0.429. The van der Waals surface area contributed by atoms with Gasteiger partial charge >= 0.3 is 5.69 Å². The van der Waals surface area contributed by atoms with Crippen molar-refractivity contribution in [2.24, 2.45) is 5.10 Å². The summed E-state index contributed by atoms with van der Waals surface area (Å²) in [5.41, 5.74) is 2.84. The van der Waals surface area contributed by atoms with Gasteiger partial charge in [-0.05, 0) is 37.2 Å². The zero-order valence-corrected chi connectivity index (χ0v) is 12.8. The highest BCUT2D eigenvalue weighted by Crippen LogP contribution is 2.25. The van der Waals surface area contributed by atoms with Crippen molar-refractivity contribution in [2.75, 3.05) is 0 Å². The zero-order valence-electron chi connectivity index (χ0n) is 12.0. The van der Waals surface area contributed by atoms with Gasteiger partial charge in [0.05, 0.1) is 11.1 Å². The third-order valence-corrected chi connectivity index (χ3v) is 3.73. The Labute approximate surface area is 133 Å². The highest BCUT2D eigenvalue weighted by atomic mass is 32.1. The number of nitro groups is 1. The molecule has 118 valence electrons. The SMILES string of the molecule is O=[N+]([O-])c1cc(/C=N/NC(=S)NC2CCCCC2)ccc1O. The molecular weight excluding hydrogens is 304 g/mol. The van der Waals surface area contributed by atoms with Crippen molar-refractivity contribution in [1.29, 1.82) is 0 Å². The molecule has 1 fully saturated rings. The molecule has 0 heterocycles. The van der Waals surface area contributed by atoms with E-state index < -0.39 is 4.92 Å². The molecule has 0 bridgehead atoms. The molecule has 1 aliphatic rings. The first-order valence-electron chi connectivity index (χ1n) is 7.13. The molecule has 3 N–H and O–H groups in total. The van der Waals surface area contributed by atoms with E-state index in [1.54, 1.807) is 0 Å². The highest BCUT2D eigenvalue weighted by Gasteiger charge is 2.14. The first kappa shape index (κ1) is 16.2. The molecule has 1 aromatic rings. The van der Waals surface area contributed by atoms with E-state index in [1.807, 2.05) is 0 Å². The first-order chi connectivity index (χ1) is 10.6. The summed E-state index contributed by atoms with van der Waals surface area (Å²) in [5, 5.41) is 27.7. The summed E-state index contributed by atoms with van der Waals surface area (Å²) < 4.78 is 0. The lowest BCUT2D eigenvalue weighted by atomic mass is 9.96. The van der Waals surface area contributed by atoms with Gasteiger partial charge in [-0.3, -0.25) is 15.5 Å². The van der Waals surface area contributed by atoms with Gasteiger partial charge in [0.25, 0.3) is 0 Å². The molecule has 1 saturated carbocycles. The molecule has 7 nitrogen and oxygen atoms in total. The lowest BCUT2D eigenvalue weighted by Gasteiger charge is -2.23. The Hall–Kier alpha value is -2.22. The van der Waals surface area contributed by atoms with Crippen molar-refractivity contribution in [3.8, 4) is 5.75 Å². The van der Waals surface area contributed by atoms with E-state index in [4.69, 9.17) is 12.2 Å². The van der Waals surface area contributed by atoms with Crippen molar-refractivity contribution in [1.82, 2.24) is 10.7 Å². The molecule has 22 heavy (non-hydrogen) atoms. The van der Waals surface area contributed by atoms with Gasteiger partial charge in [0.1, 0.15) is 0 Å². The molecule has 0 unspecified atom stereocenters. The molecule has 2 rings (SSSR count). The van der Waals surface area contributed by atoms with Crippen LogP contribution in [0.15, 0.2) is 23.3 Å². The number of benzene rings is 1. The largest absolute Gasteiger partial charge is 0.502 e. The van der Waals surface area contributed by atoms with Crippen molar-refractivity contribution in [3.63, 3.8) is 0 Å². The molecule has 0 aromatic heterocycles. The summed E-state index contributed by atoms with van der Waals surface area (Å²) in [5.74, 6) is -0.371. The van der Waals surface area contributed by atoms with E-state index >= 15 is 0 Å². The second-order valence-corrected chi connectivity index (χ2v) is 5.59. The number of aromatic hydroxyl groups is 1. The van der Waals surface area contributed by atoms with Crippen LogP contribution in [0.25, 0.3) is 0 Å². The van der Waals surface area contributed by atoms with Crippen LogP contribution in [0.1, 0.15) is 37.7 Å². The van der Waals surface area contributed by atoms with Crippen molar-refractivity contribution < 1.29 is 10.0 Å². The first-order valence-corrected chi connectivity index (χ1v) is 7.54. The predicted molar refractivity (Wildman–Crippen MR) is 88.1 cm³/mol. The molecule has 0 radical (unpaired) electrons. The van der Waals surface area contributed by atoms with Crippen LogP contribution in [0, 0.1) is 10.1 Å². The average Bonchev–Trinajstić information content (AvgIpc) is 2.49. The smallest absolute Gasteiger partial charge is 0.311 e. The van der Waals surface area contributed by atoms with E-state index in [2.05, 4.69) is 15.8 Å². The maximum Gasteiger partial charge on any atom is 0.311 e. The third-order valence-electron chi connectivity index (χ3n) is 3.52. The quantitative estimate of drug-likeness (QED) is 0.341. The van der Waals surface area contributed by atoms with Crippen molar-refractivity contribution in [2.45, 2.75) is 38.1 Å². The Morgan fingerprint density at radius 1 is 1.41 bits per heavy atom. The lowest BCUT2D eigenvalue weighted by Crippen LogP contribution is -2.40. The van der Waals surface area contributed by atoms with E-state index in [0.29, 0.717) is 16.7 Å². The minimum Gasteiger partial charge on any atom is -0.502 e. The van der Waals surface area contributed by atoms with Crippen molar-refractivity contribution >= 4 is 29.2 Å². The minimum atomic E-state index is -0.643. The van der Waals surface area contributed by atoms with Gasteiger partial charge < -0.3 is 10.4 Å². The number of nitrogens with one attached hydrogen (secondary N) is 2. The summed E-state index contributed by atoms with van der Waals surface area (Å²) in [6.07, 6.45) is 7.32. The molecule has 0 amide bonds. The summed E-state index contributed by atoms with van der Waals surface area (Å²) in [4.78, 5) is 10.1. The number of nitro benzene ring substituents is 1. The van der Waals surface area contributed by atoms with E-state index in [1.165, 1.54) is 43.7 Å². The van der Waals surface area contributed by atoms with Gasteiger partial charge in [-0.2, -0.15) is 5.10 Å². The topological polar surface area (TPSA) is 99.8 Å². The number of thiocarbonyl (C=S) groups is 1. The van der Waals surface area contributed by atoms with Crippen LogP contribution >= 0.6 is 12.2 Å². The Kier molecular flexibility index (Phi) is 5.65. The van der Waals surface area contributed by atoms with Crippen LogP contribution in [-0.4, -0.2) is 27.4 Å². The maximum atomic E-state index is 10.7. The summed E-state index contributed by atoms with van der Waals surface area (Å²) in [7, 11) is 0. The number of hydrogen-bond acceptors (Lipinski definition) is 5. The van der Waals surface area contributed by atoms with E-state index in [-0.39, 0.29) is 11.4 Å². The van der Waals surface area contributed by atoms with Crippen LogP contribution in [0.3, 0.4) is 0 Å². The van der Waals surface area contributed by atoms with Gasteiger partial charge in [0, 0.05) is 17.7 Å². The number of rotatable bonds is 4. The van der Waals surface area contributed by atoms with E-state index in [0.717, 1.165) is 12.8 Å². The van der Waals surface area contributed by atoms with Gasteiger partial charge in [-0.15, -0.1) is 0 Å². The number of phenolic OH excluding ortho intramolecular Hbond substituents is 1. The van der Waals surface area contributed by atoms with Gasteiger partial charge in [-0.25, -0.2) is 0 Å². The zero-order chi connectivity index (χ0) is 15.9. The van der Waals surface area contributed by atoms with Crippen LogP contribution in [-0.2, 0) is 0 Å². The van der Waals surface area contributed by atoms with Gasteiger partial charge in [-0.1, -0.05) is 19.3 Å². The Bertz CT molecular complexity index is 585. The van der Waals surface area contributed by atoms with Gasteiger partial charge in [0.2, 0.25) is 0 Å². The minimum absolute atomic E-state index is 0.355. The third kappa shape index (κ3) is 4.66. The fourth-order valence-corrected chi connectivity index (χ4v) is 2.62. The second kappa shape index (κ2) is 7.69. The van der Waals surface area contributed by atoms with Crippen LogP contribution < -0.4 is 10.7 Å². The number of nitrogens with zero attached hydrogens (tertiary/aromatic N) is 2. The highest BCUT2D eigenvalue weighted by molar-refractivity contribution is 7.80. The molecular formula is C14H18N4O3S. The van der Waals surface area contributed by atoms with Crippen LogP contribution in [0.5, 0.6) is 5.75 Å². The summed E-state index contributed by atoms with van der Waals surface area (Å²) in [6.45, 7) is 0. The Balaban J connectivity index is 1.87. The van der Waals surface area contributed by atoms with Crippen LogP contribution in [0.2, 0.25) is 0 Å². The summed E-state index contributed by atoms with van der Waals surface area (Å²) >= 11 is 5.15. The standard InChI is InChI=1S/C14H18N4O3S/c19-13-7-6-10(8-12(13)18(20)21)9-15-17-14(22)16-11-4-2-1-3-5-11/h6-9,11,19H,1-5H2,(H2,16,17,22)/b15-9+. The molecule has 0 spiro atoms. The van der Waals surface area contributed by atoms with Crippen molar-refractivity contribution in [3.05, 3.63) is 33.9 Å². The molecule has 0 atom stereocenters. The van der Waals surface area contributed by atoms with E-state index in [9.17, 15) is 15.2 Å². The lowest BCUT2D eigenvalue weighted by molar-refractivity contribution is -0.385. The second-order valence-electron chi connectivity index (χ2n) is 5.18. The number of hydrogen-bond donors (Lipinski definition) is 3. The van der Waals surface area contributed by atoms with Gasteiger partial charge in [0.15, 0.2) is 10.9 Å². The normalized spacial score (nSPS) is 15.6. The maximum absolute atomic E-state index is 10.7. The summed E-state index contributed by atoms with van der Waals surface area (Å²) in [6, 6.07) is 4.43. The molecule has 0 saturated heterocycles. The van der Waals surface area contributed by atoms with Crippen LogP contribution in [0.4, 0.5) is 5.69 Å². The average molecular weight is 322 g/mol. The monoisotopic (exact) mass is 322 g/mol. The molecule has 1 aliphatic carbocycles. The molecule has 1 aromatic carbocycles. The molecule has 8 heteroatoms. The molecule has 0 aliphatic heterocycles. The predicted octanol–water partition coefficient (Wildman–Crippen LogP) is 2.43. The Morgan fingerprint density at radius 3 is 2.82 bits per heavy atom.